The fraction of sp³-hybridized carbons (Fsp3) is 0.533. The van der Waals surface area contributed by atoms with Crippen molar-refractivity contribution in [1.29, 1.82) is 0 Å². The summed E-state index contributed by atoms with van der Waals surface area (Å²) < 4.78 is 10.1. The number of hydrogen-bond donors (Lipinski definition) is 1. The third-order valence-electron chi connectivity index (χ3n) is 3.41. The van der Waals surface area contributed by atoms with Gasteiger partial charge >= 0.3 is 5.97 Å². The number of carbonyl (C=O) groups excluding carboxylic acids is 1. The summed E-state index contributed by atoms with van der Waals surface area (Å²) in [6, 6.07) is 4.20. The zero-order valence-electron chi connectivity index (χ0n) is 12.4. The molecule has 0 fully saturated rings. The van der Waals surface area contributed by atoms with E-state index in [9.17, 15) is 4.79 Å². The smallest absolute Gasteiger partial charge is 0.307 e. The average molecular weight is 265 g/mol. The Morgan fingerprint density at radius 2 is 1.89 bits per heavy atom. The number of carbonyl (C=O) groups is 1. The maximum absolute atomic E-state index is 11.4. The van der Waals surface area contributed by atoms with Gasteiger partial charge in [0.25, 0.3) is 0 Å². The Bertz CT molecular complexity index is 443. The highest BCUT2D eigenvalue weighted by Crippen LogP contribution is 2.24. The SMILES string of the molecule is CNC(CC(=O)OC)Cc1cc(C)c(C)cc1OC. The highest BCUT2D eigenvalue weighted by atomic mass is 16.5. The van der Waals surface area contributed by atoms with Gasteiger partial charge in [-0.25, -0.2) is 0 Å². The van der Waals surface area contributed by atoms with Gasteiger partial charge in [-0.2, -0.15) is 0 Å². The minimum atomic E-state index is -0.206. The fourth-order valence-electron chi connectivity index (χ4n) is 2.03. The van der Waals surface area contributed by atoms with Crippen LogP contribution in [0.15, 0.2) is 12.1 Å². The summed E-state index contributed by atoms with van der Waals surface area (Å²) in [4.78, 5) is 11.4. The van der Waals surface area contributed by atoms with E-state index in [-0.39, 0.29) is 12.0 Å². The highest BCUT2D eigenvalue weighted by molar-refractivity contribution is 5.70. The van der Waals surface area contributed by atoms with Crippen LogP contribution in [0, 0.1) is 13.8 Å². The van der Waals surface area contributed by atoms with Crippen molar-refractivity contribution in [2.45, 2.75) is 32.7 Å². The van der Waals surface area contributed by atoms with Gasteiger partial charge < -0.3 is 14.8 Å². The standard InChI is InChI=1S/C15H23NO3/c1-10-6-12(14(18-4)7-11(10)2)8-13(16-3)9-15(17)19-5/h6-7,13,16H,8-9H2,1-5H3. The molecule has 0 aliphatic rings. The van der Waals surface area contributed by atoms with Crippen molar-refractivity contribution in [3.8, 4) is 5.75 Å². The van der Waals surface area contributed by atoms with E-state index in [1.807, 2.05) is 13.1 Å². The number of aryl methyl sites for hydroxylation is 2. The first-order valence-corrected chi connectivity index (χ1v) is 6.40. The van der Waals surface area contributed by atoms with Crippen LogP contribution in [0.3, 0.4) is 0 Å². The van der Waals surface area contributed by atoms with Crippen LogP contribution in [0.1, 0.15) is 23.1 Å². The molecule has 0 bridgehead atoms. The number of nitrogens with one attached hydrogen (secondary N) is 1. The molecule has 4 heteroatoms. The van der Waals surface area contributed by atoms with Crippen LogP contribution in [-0.4, -0.2) is 33.3 Å². The average Bonchev–Trinajstić information content (AvgIpc) is 2.41. The molecule has 0 saturated heterocycles. The third-order valence-corrected chi connectivity index (χ3v) is 3.41. The van der Waals surface area contributed by atoms with E-state index in [2.05, 4.69) is 25.2 Å². The Morgan fingerprint density at radius 3 is 2.42 bits per heavy atom. The van der Waals surface area contributed by atoms with Crippen molar-refractivity contribution in [3.05, 3.63) is 28.8 Å². The highest BCUT2D eigenvalue weighted by Gasteiger charge is 2.16. The largest absolute Gasteiger partial charge is 0.496 e. The first-order chi connectivity index (χ1) is 9.01. The van der Waals surface area contributed by atoms with Gasteiger partial charge in [-0.15, -0.1) is 0 Å². The molecular weight excluding hydrogens is 242 g/mol. The Hall–Kier alpha value is -1.55. The van der Waals surface area contributed by atoms with Crippen molar-refractivity contribution in [2.24, 2.45) is 0 Å². The van der Waals surface area contributed by atoms with E-state index < -0.39 is 0 Å². The fourth-order valence-corrected chi connectivity index (χ4v) is 2.03. The summed E-state index contributed by atoms with van der Waals surface area (Å²) in [7, 11) is 4.93. The Morgan fingerprint density at radius 1 is 1.26 bits per heavy atom. The lowest BCUT2D eigenvalue weighted by Crippen LogP contribution is -2.30. The summed E-state index contributed by atoms with van der Waals surface area (Å²) >= 11 is 0. The molecule has 4 nitrogen and oxygen atoms in total. The predicted octanol–water partition coefficient (Wildman–Crippen LogP) is 2.01. The summed E-state index contributed by atoms with van der Waals surface area (Å²) in [5.41, 5.74) is 3.53. The second kappa shape index (κ2) is 7.14. The van der Waals surface area contributed by atoms with Crippen LogP contribution < -0.4 is 10.1 Å². The minimum Gasteiger partial charge on any atom is -0.496 e. The second-order valence-electron chi connectivity index (χ2n) is 4.72. The summed E-state index contributed by atoms with van der Waals surface area (Å²) in [6.07, 6.45) is 1.08. The normalized spacial score (nSPS) is 12.1. The van der Waals surface area contributed by atoms with Crippen LogP contribution in [-0.2, 0) is 16.0 Å². The lowest BCUT2D eigenvalue weighted by atomic mass is 9.98. The molecule has 0 spiro atoms. The predicted molar refractivity (Wildman–Crippen MR) is 75.7 cm³/mol. The van der Waals surface area contributed by atoms with Crippen molar-refractivity contribution in [1.82, 2.24) is 5.32 Å². The van der Waals surface area contributed by atoms with Crippen LogP contribution >= 0.6 is 0 Å². The molecule has 0 aliphatic heterocycles. The number of hydrogen-bond acceptors (Lipinski definition) is 4. The second-order valence-corrected chi connectivity index (χ2v) is 4.72. The van der Waals surface area contributed by atoms with Crippen LogP contribution in [0.25, 0.3) is 0 Å². The molecule has 1 N–H and O–H groups in total. The third kappa shape index (κ3) is 4.24. The molecule has 1 aromatic carbocycles. The number of rotatable bonds is 6. The molecule has 0 saturated carbocycles. The number of methoxy groups -OCH3 is 2. The molecule has 19 heavy (non-hydrogen) atoms. The first kappa shape index (κ1) is 15.5. The molecule has 1 unspecified atom stereocenters. The zero-order valence-corrected chi connectivity index (χ0v) is 12.4. The van der Waals surface area contributed by atoms with Crippen molar-refractivity contribution >= 4 is 5.97 Å². The summed E-state index contributed by atoms with van der Waals surface area (Å²) in [6.45, 7) is 4.14. The molecule has 0 aromatic heterocycles. The summed E-state index contributed by atoms with van der Waals surface area (Å²) in [5, 5.41) is 3.14. The van der Waals surface area contributed by atoms with Crippen LogP contribution in [0.2, 0.25) is 0 Å². The molecule has 0 heterocycles. The van der Waals surface area contributed by atoms with Crippen molar-refractivity contribution in [3.63, 3.8) is 0 Å². The molecular formula is C15H23NO3. The Labute approximate surface area is 115 Å². The van der Waals surface area contributed by atoms with Gasteiger partial charge in [-0.3, -0.25) is 4.79 Å². The monoisotopic (exact) mass is 265 g/mol. The van der Waals surface area contributed by atoms with E-state index in [1.165, 1.54) is 18.2 Å². The van der Waals surface area contributed by atoms with Crippen LogP contribution in [0.4, 0.5) is 0 Å². The van der Waals surface area contributed by atoms with E-state index in [4.69, 9.17) is 9.47 Å². The van der Waals surface area contributed by atoms with Gasteiger partial charge in [-0.1, -0.05) is 6.07 Å². The van der Waals surface area contributed by atoms with Gasteiger partial charge in [0.1, 0.15) is 5.75 Å². The zero-order chi connectivity index (χ0) is 14.4. The maximum Gasteiger partial charge on any atom is 0.307 e. The maximum atomic E-state index is 11.4. The Balaban J connectivity index is 2.90. The van der Waals surface area contributed by atoms with Gasteiger partial charge in [-0.05, 0) is 50.1 Å². The van der Waals surface area contributed by atoms with E-state index in [0.717, 1.165) is 17.7 Å². The van der Waals surface area contributed by atoms with Gasteiger partial charge in [0.2, 0.25) is 0 Å². The van der Waals surface area contributed by atoms with E-state index in [1.54, 1.807) is 7.11 Å². The van der Waals surface area contributed by atoms with Crippen molar-refractivity contribution in [2.75, 3.05) is 21.3 Å². The summed E-state index contributed by atoms with van der Waals surface area (Å²) in [5.74, 6) is 0.662. The molecule has 0 radical (unpaired) electrons. The van der Waals surface area contributed by atoms with Crippen molar-refractivity contribution < 1.29 is 14.3 Å². The lowest BCUT2D eigenvalue weighted by molar-refractivity contribution is -0.141. The van der Waals surface area contributed by atoms with Gasteiger partial charge in [0.15, 0.2) is 0 Å². The molecule has 1 aromatic rings. The number of ether oxygens (including phenoxy) is 2. The van der Waals surface area contributed by atoms with Crippen LogP contribution in [0.5, 0.6) is 5.75 Å². The van der Waals surface area contributed by atoms with E-state index >= 15 is 0 Å². The molecule has 106 valence electrons. The number of benzene rings is 1. The lowest BCUT2D eigenvalue weighted by Gasteiger charge is -2.18. The van der Waals surface area contributed by atoms with E-state index in [0.29, 0.717) is 6.42 Å². The minimum absolute atomic E-state index is 0.0449. The molecule has 1 rings (SSSR count). The number of esters is 1. The Kier molecular flexibility index (Phi) is 5.83. The number of likely N-dealkylation sites (N-methyl/N-ethyl adjacent to an activating group) is 1. The van der Waals surface area contributed by atoms with Gasteiger partial charge in [0, 0.05) is 6.04 Å². The molecule has 0 amide bonds. The van der Waals surface area contributed by atoms with Gasteiger partial charge in [0.05, 0.1) is 20.6 Å². The molecule has 1 atom stereocenters. The topological polar surface area (TPSA) is 47.6 Å². The molecule has 0 aliphatic carbocycles. The first-order valence-electron chi connectivity index (χ1n) is 6.40. The quantitative estimate of drug-likeness (QED) is 0.799.